The molecule has 24 unspecified atom stereocenters. The van der Waals surface area contributed by atoms with Gasteiger partial charge in [0.15, 0.2) is 12.6 Å². The Morgan fingerprint density at radius 3 is 1.97 bits per heavy atom. The van der Waals surface area contributed by atoms with Gasteiger partial charge >= 0.3 is 5.97 Å². The molecule has 4 saturated carbocycles. The number of aliphatic hydroxyl groups excluding tert-OH is 11. The molecule has 0 aromatic heterocycles. The van der Waals surface area contributed by atoms with Crippen molar-refractivity contribution in [3.63, 3.8) is 0 Å². The van der Waals surface area contributed by atoms with Crippen molar-refractivity contribution in [1.29, 1.82) is 0 Å². The quantitative estimate of drug-likeness (QED) is 0.111. The van der Waals surface area contributed by atoms with Crippen LogP contribution in [0.2, 0.25) is 0 Å². The van der Waals surface area contributed by atoms with E-state index in [1.165, 1.54) is 12.5 Å². The van der Waals surface area contributed by atoms with E-state index in [2.05, 4.69) is 54.5 Å². The van der Waals surface area contributed by atoms with Crippen molar-refractivity contribution in [2.45, 2.75) is 218 Å². The first kappa shape index (κ1) is 51.9. The summed E-state index contributed by atoms with van der Waals surface area (Å²) in [6.07, 6.45) is -15.1. The van der Waals surface area contributed by atoms with E-state index in [0.29, 0.717) is 25.7 Å². The molecule has 0 spiro atoms. The van der Waals surface area contributed by atoms with Crippen LogP contribution in [0.25, 0.3) is 0 Å². The van der Waals surface area contributed by atoms with Crippen LogP contribution in [-0.4, -0.2) is 180 Å². The maximum Gasteiger partial charge on any atom is 0.315 e. The Labute approximate surface area is 393 Å². The fourth-order valence-corrected chi connectivity index (χ4v) is 15.2. The molecule has 3 saturated heterocycles. The van der Waals surface area contributed by atoms with Crippen LogP contribution in [-0.2, 0) is 33.2 Å². The number of carbonyl (C=O) groups is 1. The van der Waals surface area contributed by atoms with Gasteiger partial charge in [0.2, 0.25) is 6.29 Å². The number of allylic oxidation sites excluding steroid dienone is 2. The van der Waals surface area contributed by atoms with E-state index in [-0.39, 0.29) is 45.5 Å². The van der Waals surface area contributed by atoms with Crippen molar-refractivity contribution in [1.82, 2.24) is 0 Å². The second kappa shape index (κ2) is 17.9. The molecule has 3 aliphatic heterocycles. The van der Waals surface area contributed by atoms with Gasteiger partial charge in [-0.15, -0.1) is 0 Å². The zero-order valence-corrected chi connectivity index (χ0v) is 40.4. The van der Waals surface area contributed by atoms with E-state index in [9.17, 15) is 56.2 Å². The lowest BCUT2D eigenvalue weighted by molar-refractivity contribution is -0.361. The molecule has 0 bridgehead atoms. The third-order valence-corrected chi connectivity index (χ3v) is 20.4. The Morgan fingerprint density at radius 2 is 1.30 bits per heavy atom. The molecule has 0 amide bonds. The summed E-state index contributed by atoms with van der Waals surface area (Å²) >= 11 is 0. The molecule has 8 aliphatic rings. The summed E-state index contributed by atoms with van der Waals surface area (Å²) in [6, 6.07) is 0. The molecule has 3 heterocycles. The van der Waals surface area contributed by atoms with Crippen LogP contribution < -0.4 is 0 Å². The number of fused-ring (bicyclic) bond motifs is 7. The van der Waals surface area contributed by atoms with Gasteiger partial charge in [0.1, 0.15) is 67.1 Å². The fraction of sp³-hybridized carbons (Fsp3) is 0.939. The van der Waals surface area contributed by atoms with Crippen LogP contribution in [0, 0.1) is 49.7 Å². The largest absolute Gasteiger partial charge is 0.432 e. The Kier molecular flexibility index (Phi) is 13.9. The molecule has 18 nitrogen and oxygen atoms in total. The van der Waals surface area contributed by atoms with E-state index >= 15 is 4.79 Å². The van der Waals surface area contributed by atoms with Crippen LogP contribution in [0.1, 0.15) is 120 Å². The Balaban J connectivity index is 0.989. The summed E-state index contributed by atoms with van der Waals surface area (Å²) in [5, 5.41) is 119. The van der Waals surface area contributed by atoms with E-state index < -0.39 is 128 Å². The molecule has 0 radical (unpaired) electrons. The number of esters is 1. The second-order valence-corrected chi connectivity index (χ2v) is 23.9. The van der Waals surface area contributed by atoms with Crippen molar-refractivity contribution in [3.8, 4) is 0 Å². The zero-order chi connectivity index (χ0) is 49.2. The summed E-state index contributed by atoms with van der Waals surface area (Å²) in [5.41, 5.74) is -1.23. The van der Waals surface area contributed by atoms with Gasteiger partial charge in [-0.1, -0.05) is 60.1 Å². The number of hydrogen-bond acceptors (Lipinski definition) is 18. The van der Waals surface area contributed by atoms with Gasteiger partial charge in [-0.3, -0.25) is 4.79 Å². The second-order valence-electron chi connectivity index (χ2n) is 23.9. The first-order chi connectivity index (χ1) is 31.2. The lowest BCUT2D eigenvalue weighted by Gasteiger charge is -2.75. The summed E-state index contributed by atoms with van der Waals surface area (Å²) in [4.78, 5) is 15.0. The van der Waals surface area contributed by atoms with E-state index in [4.69, 9.17) is 28.4 Å². The highest BCUT2D eigenvalue weighted by atomic mass is 16.8. The van der Waals surface area contributed by atoms with Gasteiger partial charge < -0.3 is 84.6 Å². The number of hydrogen-bond donors (Lipinski definition) is 11. The van der Waals surface area contributed by atoms with Gasteiger partial charge in [-0.05, 0) is 110 Å². The highest BCUT2D eigenvalue weighted by molar-refractivity contribution is 5.79. The predicted molar refractivity (Wildman–Crippen MR) is 235 cm³/mol. The SMILES string of the molecule is CC1OC(OC2C(CO)OC(OCC3OC(OC(=O)C45CCC(C)(C)CC4C4=CCC6(C)C7(C)CCC(O)C(C)(CO)C7CCC6(C)C4(C)CC5)C(O)C(O)C3O)C(O)C2O)C(O)C(O)C1O. The first-order valence-electron chi connectivity index (χ1n) is 24.7. The average Bonchev–Trinajstić information content (AvgIpc) is 3.28. The van der Waals surface area contributed by atoms with Gasteiger partial charge in [0, 0.05) is 5.41 Å². The van der Waals surface area contributed by atoms with Crippen LogP contribution >= 0.6 is 0 Å². The maximum absolute atomic E-state index is 15.0. The normalized spacial score (nSPS) is 55.2. The lowest BCUT2D eigenvalue weighted by atomic mass is 9.29. The summed E-state index contributed by atoms with van der Waals surface area (Å²) in [7, 11) is 0. The van der Waals surface area contributed by atoms with Crippen molar-refractivity contribution < 1.29 is 89.4 Å². The molecule has 8 rings (SSSR count). The lowest BCUT2D eigenvalue weighted by Crippen LogP contribution is -2.70. The topological polar surface area (TPSA) is 295 Å². The summed E-state index contributed by atoms with van der Waals surface area (Å²) in [5.74, 6) is -0.627. The number of aliphatic hydroxyl groups is 11. The summed E-state index contributed by atoms with van der Waals surface area (Å²) in [6.45, 7) is 16.1. The minimum Gasteiger partial charge on any atom is -0.432 e. The third-order valence-electron chi connectivity index (χ3n) is 20.4. The van der Waals surface area contributed by atoms with Crippen LogP contribution in [0.5, 0.6) is 0 Å². The highest BCUT2D eigenvalue weighted by Crippen LogP contribution is 2.80. The van der Waals surface area contributed by atoms with Gasteiger partial charge in [-0.2, -0.15) is 0 Å². The molecular weight excluding hydrogens is 877 g/mol. The van der Waals surface area contributed by atoms with Gasteiger partial charge in [-0.25, -0.2) is 0 Å². The molecule has 5 aliphatic carbocycles. The Morgan fingerprint density at radius 1 is 0.672 bits per heavy atom. The molecule has 67 heavy (non-hydrogen) atoms. The molecule has 7 fully saturated rings. The number of rotatable bonds is 9. The molecular formula is C49H80O18. The number of ether oxygens (including phenoxy) is 6. The van der Waals surface area contributed by atoms with Crippen molar-refractivity contribution >= 4 is 5.97 Å². The van der Waals surface area contributed by atoms with Gasteiger partial charge in [0.25, 0.3) is 0 Å². The minimum atomic E-state index is -1.85. The van der Waals surface area contributed by atoms with Crippen LogP contribution in [0.3, 0.4) is 0 Å². The summed E-state index contributed by atoms with van der Waals surface area (Å²) < 4.78 is 34.8. The van der Waals surface area contributed by atoms with Crippen LogP contribution in [0.4, 0.5) is 0 Å². The van der Waals surface area contributed by atoms with E-state index in [0.717, 1.165) is 38.5 Å². The Hall–Kier alpha value is -1.43. The van der Waals surface area contributed by atoms with Crippen LogP contribution in [0.15, 0.2) is 11.6 Å². The zero-order valence-electron chi connectivity index (χ0n) is 40.4. The maximum atomic E-state index is 15.0. The van der Waals surface area contributed by atoms with Crippen molar-refractivity contribution in [3.05, 3.63) is 11.6 Å². The number of carbonyl (C=O) groups excluding carboxylic acids is 1. The van der Waals surface area contributed by atoms with Gasteiger partial charge in [0.05, 0.1) is 37.4 Å². The monoisotopic (exact) mass is 957 g/mol. The molecule has 11 N–H and O–H groups in total. The van der Waals surface area contributed by atoms with Crippen molar-refractivity contribution in [2.24, 2.45) is 49.7 Å². The first-order valence-corrected chi connectivity index (χ1v) is 24.7. The molecule has 384 valence electrons. The fourth-order valence-electron chi connectivity index (χ4n) is 15.2. The average molecular weight is 957 g/mol. The molecule has 0 aromatic rings. The van der Waals surface area contributed by atoms with E-state index in [1.807, 2.05) is 0 Å². The molecule has 18 heteroatoms. The highest BCUT2D eigenvalue weighted by Gasteiger charge is 2.74. The minimum absolute atomic E-state index is 0.0705. The third kappa shape index (κ3) is 7.75. The smallest absolute Gasteiger partial charge is 0.315 e. The molecule has 24 atom stereocenters. The Bertz CT molecular complexity index is 1850. The predicted octanol–water partition coefficient (Wildman–Crippen LogP) is 0.531. The molecule has 0 aromatic carbocycles. The standard InChI is InChI=1S/C49H80O18/c1-23-30(53)32(55)35(58)40(63-23)66-38-26(20-50)64-39(37(60)34(38)57)62-21-27-31(54)33(56)36(59)41(65-27)67-42(61)49-17-15-43(2,3)19-25(49)24-9-13-48(8)46(6)12-11-29(52)44(4,22-51)28(46)10-14-47(48,7)45(24,5)16-18-49/h9,23,25-41,50-60H,10-22H2,1-8H3. The van der Waals surface area contributed by atoms with Crippen molar-refractivity contribution in [2.75, 3.05) is 19.8 Å². The van der Waals surface area contributed by atoms with E-state index in [1.54, 1.807) is 0 Å².